The third-order valence-electron chi connectivity index (χ3n) is 7.09. The van der Waals surface area contributed by atoms with Crippen molar-refractivity contribution in [3.8, 4) is 0 Å². The Morgan fingerprint density at radius 3 is 2.20 bits per heavy atom. The monoisotopic (exact) mass is 582 g/mol. The van der Waals surface area contributed by atoms with Gasteiger partial charge in [0, 0.05) is 24.7 Å². The van der Waals surface area contributed by atoms with Gasteiger partial charge in [0.2, 0.25) is 11.8 Å². The molecule has 1 saturated carbocycles. The van der Waals surface area contributed by atoms with Gasteiger partial charge in [0.25, 0.3) is 15.7 Å². The van der Waals surface area contributed by atoms with Crippen LogP contribution in [0.5, 0.6) is 0 Å². The zero-order valence-corrected chi connectivity index (χ0v) is 23.3. The summed E-state index contributed by atoms with van der Waals surface area (Å²) >= 11 is 0. The van der Waals surface area contributed by atoms with E-state index < -0.39 is 39.3 Å². The van der Waals surface area contributed by atoms with E-state index in [9.17, 15) is 32.5 Å². The van der Waals surface area contributed by atoms with E-state index in [0.717, 1.165) is 42.1 Å². The number of nitro benzene ring substituents is 1. The van der Waals surface area contributed by atoms with Gasteiger partial charge in [-0.25, -0.2) is 12.8 Å². The summed E-state index contributed by atoms with van der Waals surface area (Å²) < 4.78 is 41.9. The Labute approximate surface area is 238 Å². The lowest BCUT2D eigenvalue weighted by Gasteiger charge is -2.32. The van der Waals surface area contributed by atoms with Crippen LogP contribution in [0.2, 0.25) is 0 Å². The van der Waals surface area contributed by atoms with Gasteiger partial charge in [-0.05, 0) is 61.7 Å². The highest BCUT2D eigenvalue weighted by Gasteiger charge is 2.33. The summed E-state index contributed by atoms with van der Waals surface area (Å²) in [6.45, 7) is 0.808. The molecule has 0 bridgehead atoms. The van der Waals surface area contributed by atoms with Crippen molar-refractivity contribution in [1.82, 2.24) is 10.2 Å². The zero-order valence-electron chi connectivity index (χ0n) is 22.5. The lowest BCUT2D eigenvalue weighted by Crippen LogP contribution is -2.52. The average molecular weight is 583 g/mol. The molecule has 216 valence electrons. The number of sulfonamides is 1. The van der Waals surface area contributed by atoms with Gasteiger partial charge in [0.05, 0.1) is 15.5 Å². The van der Waals surface area contributed by atoms with Gasteiger partial charge in [-0.1, -0.05) is 43.2 Å². The molecule has 2 amide bonds. The third kappa shape index (κ3) is 7.26. The van der Waals surface area contributed by atoms with Crippen LogP contribution in [0.15, 0.2) is 83.8 Å². The second-order valence-electron chi connectivity index (χ2n) is 9.91. The van der Waals surface area contributed by atoms with Crippen molar-refractivity contribution in [2.75, 3.05) is 10.8 Å². The van der Waals surface area contributed by atoms with Gasteiger partial charge in [0.15, 0.2) is 0 Å². The largest absolute Gasteiger partial charge is 0.352 e. The number of nitrogens with one attached hydrogen (secondary N) is 1. The van der Waals surface area contributed by atoms with Gasteiger partial charge in [-0.2, -0.15) is 0 Å². The quantitative estimate of drug-likeness (QED) is 0.263. The summed E-state index contributed by atoms with van der Waals surface area (Å²) in [7, 11) is -4.29. The fraction of sp³-hybridized carbons (Fsp3) is 0.310. The van der Waals surface area contributed by atoms with E-state index >= 15 is 0 Å². The van der Waals surface area contributed by atoms with Gasteiger partial charge >= 0.3 is 0 Å². The highest BCUT2D eigenvalue weighted by atomic mass is 32.2. The highest BCUT2D eigenvalue weighted by molar-refractivity contribution is 7.92. The molecule has 12 heteroatoms. The topological polar surface area (TPSA) is 130 Å². The summed E-state index contributed by atoms with van der Waals surface area (Å²) in [5, 5.41) is 14.2. The van der Waals surface area contributed by atoms with E-state index in [-0.39, 0.29) is 34.8 Å². The smallest absolute Gasteiger partial charge is 0.269 e. The summed E-state index contributed by atoms with van der Waals surface area (Å²) in [5.41, 5.74) is 0.345. The minimum atomic E-state index is -4.29. The van der Waals surface area contributed by atoms with E-state index in [1.54, 1.807) is 25.1 Å². The predicted molar refractivity (Wildman–Crippen MR) is 151 cm³/mol. The Morgan fingerprint density at radius 1 is 1.00 bits per heavy atom. The number of non-ortho nitro benzene ring substituents is 1. The predicted octanol–water partition coefficient (Wildman–Crippen LogP) is 4.41. The molecule has 4 rings (SSSR count). The molecule has 1 fully saturated rings. The maximum Gasteiger partial charge on any atom is 0.269 e. The van der Waals surface area contributed by atoms with Gasteiger partial charge in [-0.3, -0.25) is 24.0 Å². The SMILES string of the molecule is CC(C(=O)NC1CCCC1)N(Cc1ccc(F)cc1)C(=O)CN(c1ccc([N+](=O)[O-])cc1)S(=O)(=O)c1ccccc1. The summed E-state index contributed by atoms with van der Waals surface area (Å²) in [4.78, 5) is 38.8. The van der Waals surface area contributed by atoms with Crippen molar-refractivity contribution in [3.05, 3.63) is 100 Å². The Bertz CT molecular complexity index is 1480. The maximum atomic E-state index is 13.9. The van der Waals surface area contributed by atoms with Crippen molar-refractivity contribution < 1.29 is 27.3 Å². The maximum absolute atomic E-state index is 13.9. The number of anilines is 1. The highest BCUT2D eigenvalue weighted by Crippen LogP contribution is 2.27. The summed E-state index contributed by atoms with van der Waals surface area (Å²) in [6, 6.07) is 16.8. The zero-order chi connectivity index (χ0) is 29.6. The number of nitro groups is 1. The van der Waals surface area contributed by atoms with Crippen LogP contribution in [0, 0.1) is 15.9 Å². The number of rotatable bonds is 11. The fourth-order valence-electron chi connectivity index (χ4n) is 4.75. The second kappa shape index (κ2) is 12.9. The lowest BCUT2D eigenvalue weighted by molar-refractivity contribution is -0.384. The van der Waals surface area contributed by atoms with E-state index in [1.807, 2.05) is 0 Å². The standard InChI is InChI=1S/C29H31FN4O6S/c1-21(29(36)31-24-7-5-6-8-24)32(19-22-11-13-23(30)14-12-22)28(35)20-33(25-15-17-26(18-16-25)34(37)38)41(39,40)27-9-3-2-4-10-27/h2-4,9-18,21,24H,5-8,19-20H2,1H3,(H,31,36). The molecule has 0 heterocycles. The van der Waals surface area contributed by atoms with E-state index in [0.29, 0.717) is 5.56 Å². The lowest BCUT2D eigenvalue weighted by atomic mass is 10.1. The number of carbonyl (C=O) groups is 2. The van der Waals surface area contributed by atoms with E-state index in [1.165, 1.54) is 53.4 Å². The first-order valence-corrected chi connectivity index (χ1v) is 14.7. The average Bonchev–Trinajstić information content (AvgIpc) is 3.48. The molecule has 1 aliphatic carbocycles. The van der Waals surface area contributed by atoms with Crippen LogP contribution in [-0.4, -0.2) is 48.7 Å². The Morgan fingerprint density at radius 2 is 1.61 bits per heavy atom. The molecule has 0 aromatic heterocycles. The molecule has 10 nitrogen and oxygen atoms in total. The van der Waals surface area contributed by atoms with Crippen LogP contribution in [0.25, 0.3) is 0 Å². The number of nitrogens with zero attached hydrogens (tertiary/aromatic N) is 3. The number of hydrogen-bond donors (Lipinski definition) is 1. The summed E-state index contributed by atoms with van der Waals surface area (Å²) in [5.74, 6) is -1.52. The molecule has 1 unspecified atom stereocenters. The van der Waals surface area contributed by atoms with Crippen molar-refractivity contribution >= 4 is 33.2 Å². The number of carbonyl (C=O) groups excluding carboxylic acids is 2. The Hall–Kier alpha value is -4.32. The van der Waals surface area contributed by atoms with Gasteiger partial charge < -0.3 is 10.2 Å². The number of halogens is 1. The normalized spacial score (nSPS) is 14.3. The molecule has 1 aliphatic rings. The third-order valence-corrected chi connectivity index (χ3v) is 8.88. The van der Waals surface area contributed by atoms with E-state index in [2.05, 4.69) is 5.32 Å². The van der Waals surface area contributed by atoms with Crippen molar-refractivity contribution in [2.45, 2.75) is 56.1 Å². The molecule has 1 N–H and O–H groups in total. The molecule has 41 heavy (non-hydrogen) atoms. The number of benzene rings is 3. The Balaban J connectivity index is 1.68. The molecule has 1 atom stereocenters. The van der Waals surface area contributed by atoms with Gasteiger partial charge in [-0.15, -0.1) is 0 Å². The first-order chi connectivity index (χ1) is 19.6. The Kier molecular flexibility index (Phi) is 9.33. The van der Waals surface area contributed by atoms with Gasteiger partial charge in [0.1, 0.15) is 18.4 Å². The minimum absolute atomic E-state index is 0.00258. The molecular weight excluding hydrogens is 551 g/mol. The molecule has 0 aliphatic heterocycles. The molecule has 0 spiro atoms. The minimum Gasteiger partial charge on any atom is -0.352 e. The van der Waals surface area contributed by atoms with Crippen LogP contribution in [0.1, 0.15) is 38.2 Å². The van der Waals surface area contributed by atoms with Crippen LogP contribution >= 0.6 is 0 Å². The van der Waals surface area contributed by atoms with Crippen LogP contribution in [0.3, 0.4) is 0 Å². The molecule has 0 saturated heterocycles. The van der Waals surface area contributed by atoms with Crippen molar-refractivity contribution in [1.29, 1.82) is 0 Å². The first-order valence-electron chi connectivity index (χ1n) is 13.2. The van der Waals surface area contributed by atoms with Crippen LogP contribution in [0.4, 0.5) is 15.8 Å². The number of amides is 2. The van der Waals surface area contributed by atoms with E-state index in [4.69, 9.17) is 0 Å². The second-order valence-corrected chi connectivity index (χ2v) is 11.8. The van der Waals surface area contributed by atoms with Crippen LogP contribution in [-0.2, 0) is 26.2 Å². The van der Waals surface area contributed by atoms with Crippen molar-refractivity contribution in [2.24, 2.45) is 0 Å². The first kappa shape index (κ1) is 29.7. The molecule has 0 radical (unpaired) electrons. The number of hydrogen-bond acceptors (Lipinski definition) is 6. The van der Waals surface area contributed by atoms with Crippen molar-refractivity contribution in [3.63, 3.8) is 0 Å². The molecule has 3 aromatic carbocycles. The fourth-order valence-corrected chi connectivity index (χ4v) is 6.19. The summed E-state index contributed by atoms with van der Waals surface area (Å²) in [6.07, 6.45) is 3.68. The molecule has 3 aromatic rings. The van der Waals surface area contributed by atoms with Crippen LogP contribution < -0.4 is 9.62 Å². The molecular formula is C29H31FN4O6S.